The Hall–Kier alpha value is -2.08. The van der Waals surface area contributed by atoms with Crippen LogP contribution in [-0.2, 0) is 9.59 Å². The Morgan fingerprint density at radius 2 is 1.74 bits per heavy atom. The molecule has 2 amide bonds. The molecule has 2 saturated heterocycles. The second kappa shape index (κ2) is 5.85. The summed E-state index contributed by atoms with van der Waals surface area (Å²) >= 11 is 0. The van der Waals surface area contributed by atoms with Gasteiger partial charge < -0.3 is 14.4 Å². The normalized spacial score (nSPS) is 25.0. The lowest BCUT2D eigenvalue weighted by Crippen LogP contribution is -3.16. The molecule has 0 spiro atoms. The van der Waals surface area contributed by atoms with Gasteiger partial charge >= 0.3 is 0 Å². The number of likely N-dealkylation sites (tertiary alicyclic amines) is 1. The monoisotopic (exact) mass is 317 g/mol. The highest BCUT2D eigenvalue weighted by Gasteiger charge is 2.45. The first-order chi connectivity index (χ1) is 11.2. The molecular formula is C17H21N2O4+. The molecule has 3 aliphatic rings. The van der Waals surface area contributed by atoms with E-state index in [1.165, 1.54) is 22.6 Å². The molecule has 1 aromatic rings. The van der Waals surface area contributed by atoms with Gasteiger partial charge in [0, 0.05) is 6.07 Å². The minimum absolute atomic E-state index is 0.0780. The molecule has 0 bridgehead atoms. The van der Waals surface area contributed by atoms with Crippen LogP contribution in [0.4, 0.5) is 5.69 Å². The second-order valence-corrected chi connectivity index (χ2v) is 6.43. The fourth-order valence-corrected chi connectivity index (χ4v) is 3.78. The minimum Gasteiger partial charge on any atom is -0.454 e. The Bertz CT molecular complexity index is 637. The van der Waals surface area contributed by atoms with Gasteiger partial charge in [-0.25, -0.2) is 4.90 Å². The number of nitrogens with one attached hydrogen (secondary N) is 1. The van der Waals surface area contributed by atoms with Gasteiger partial charge in [0.05, 0.1) is 25.2 Å². The number of anilines is 1. The maximum atomic E-state index is 12.8. The van der Waals surface area contributed by atoms with E-state index in [2.05, 4.69) is 0 Å². The molecule has 1 atom stereocenters. The van der Waals surface area contributed by atoms with Crippen LogP contribution < -0.4 is 19.3 Å². The number of hydrogen-bond donors (Lipinski definition) is 1. The Kier molecular flexibility index (Phi) is 3.69. The molecule has 6 nitrogen and oxygen atoms in total. The summed E-state index contributed by atoms with van der Waals surface area (Å²) in [6.45, 7) is 2.15. The van der Waals surface area contributed by atoms with E-state index in [1.54, 1.807) is 18.2 Å². The molecule has 6 heteroatoms. The molecule has 3 aliphatic heterocycles. The van der Waals surface area contributed by atoms with Gasteiger partial charge in [-0.05, 0) is 37.8 Å². The highest BCUT2D eigenvalue weighted by Crippen LogP contribution is 2.36. The maximum Gasteiger partial charge on any atom is 0.292 e. The van der Waals surface area contributed by atoms with Crippen molar-refractivity contribution in [1.29, 1.82) is 0 Å². The molecule has 122 valence electrons. The maximum absolute atomic E-state index is 12.8. The van der Waals surface area contributed by atoms with Crippen molar-refractivity contribution in [3.63, 3.8) is 0 Å². The third kappa shape index (κ3) is 2.57. The predicted molar refractivity (Wildman–Crippen MR) is 82.6 cm³/mol. The van der Waals surface area contributed by atoms with E-state index in [-0.39, 0.29) is 24.6 Å². The molecule has 0 unspecified atom stereocenters. The molecule has 23 heavy (non-hydrogen) atoms. The molecule has 0 radical (unpaired) electrons. The molecular weight excluding hydrogens is 296 g/mol. The number of quaternary nitrogens is 1. The van der Waals surface area contributed by atoms with Crippen molar-refractivity contribution < 1.29 is 24.0 Å². The number of fused-ring (bicyclic) bond motifs is 1. The van der Waals surface area contributed by atoms with Crippen molar-refractivity contribution in [2.24, 2.45) is 0 Å². The van der Waals surface area contributed by atoms with Gasteiger partial charge in [0.25, 0.3) is 5.91 Å². The number of imide groups is 1. The summed E-state index contributed by atoms with van der Waals surface area (Å²) in [6.07, 6.45) is 5.03. The quantitative estimate of drug-likeness (QED) is 0.807. The predicted octanol–water partition coefficient (Wildman–Crippen LogP) is 0.506. The van der Waals surface area contributed by atoms with Crippen LogP contribution in [-0.4, -0.2) is 37.7 Å². The van der Waals surface area contributed by atoms with E-state index >= 15 is 0 Å². The number of hydrogen-bond acceptors (Lipinski definition) is 4. The standard InChI is InChI=1S/C17H20N2O4/c20-16-10-13(18-7-3-1-2-4-8-18)17(21)19(16)12-5-6-14-15(9-12)23-11-22-14/h5-6,9,13H,1-4,7-8,10-11H2/p+1/t13-/m1/s1. The summed E-state index contributed by atoms with van der Waals surface area (Å²) in [7, 11) is 0. The van der Waals surface area contributed by atoms with Crippen molar-refractivity contribution in [3.8, 4) is 11.5 Å². The molecule has 2 fully saturated rings. The zero-order chi connectivity index (χ0) is 15.8. The number of carbonyl (C=O) groups is 2. The minimum atomic E-state index is -0.231. The van der Waals surface area contributed by atoms with Gasteiger partial charge in [0.2, 0.25) is 12.7 Å². The van der Waals surface area contributed by atoms with Gasteiger partial charge in [0.15, 0.2) is 17.5 Å². The van der Waals surface area contributed by atoms with Gasteiger partial charge in [-0.1, -0.05) is 0 Å². The number of nitrogens with zero attached hydrogens (tertiary/aromatic N) is 1. The molecule has 0 saturated carbocycles. The number of rotatable bonds is 2. The Labute approximate surface area is 134 Å². The largest absolute Gasteiger partial charge is 0.454 e. The van der Waals surface area contributed by atoms with Gasteiger partial charge in [0.1, 0.15) is 0 Å². The fraction of sp³-hybridized carbons (Fsp3) is 0.529. The summed E-state index contributed by atoms with van der Waals surface area (Å²) in [5.41, 5.74) is 0.584. The van der Waals surface area contributed by atoms with Crippen molar-refractivity contribution >= 4 is 17.5 Å². The number of ether oxygens (including phenoxy) is 2. The molecule has 3 heterocycles. The van der Waals surface area contributed by atoms with E-state index in [0.29, 0.717) is 23.6 Å². The Balaban J connectivity index is 1.57. The lowest BCUT2D eigenvalue weighted by molar-refractivity contribution is -0.914. The van der Waals surface area contributed by atoms with Crippen LogP contribution in [0.2, 0.25) is 0 Å². The average Bonchev–Trinajstić information content (AvgIpc) is 3.01. The fourth-order valence-electron chi connectivity index (χ4n) is 3.78. The van der Waals surface area contributed by atoms with Crippen molar-refractivity contribution in [2.75, 3.05) is 24.8 Å². The van der Waals surface area contributed by atoms with E-state index in [1.807, 2.05) is 0 Å². The summed E-state index contributed by atoms with van der Waals surface area (Å²) in [5, 5.41) is 0. The molecule has 0 aliphatic carbocycles. The SMILES string of the molecule is O=C1C[C@@H]([NH+]2CCCCCC2)C(=O)N1c1ccc2c(c1)OCO2. The Morgan fingerprint density at radius 3 is 2.52 bits per heavy atom. The summed E-state index contributed by atoms with van der Waals surface area (Å²) < 4.78 is 10.6. The summed E-state index contributed by atoms with van der Waals surface area (Å²) in [4.78, 5) is 27.9. The lowest BCUT2D eigenvalue weighted by atomic mass is 10.2. The lowest BCUT2D eigenvalue weighted by Gasteiger charge is -2.22. The van der Waals surface area contributed by atoms with E-state index < -0.39 is 0 Å². The zero-order valence-electron chi connectivity index (χ0n) is 13.0. The third-order valence-corrected chi connectivity index (χ3v) is 5.00. The van der Waals surface area contributed by atoms with Crippen LogP contribution in [0.3, 0.4) is 0 Å². The van der Waals surface area contributed by atoms with Crippen LogP contribution in [0.1, 0.15) is 32.1 Å². The van der Waals surface area contributed by atoms with Crippen molar-refractivity contribution in [1.82, 2.24) is 0 Å². The highest BCUT2D eigenvalue weighted by atomic mass is 16.7. The highest BCUT2D eigenvalue weighted by molar-refractivity contribution is 6.22. The number of benzene rings is 1. The van der Waals surface area contributed by atoms with Crippen LogP contribution in [0.15, 0.2) is 18.2 Å². The van der Waals surface area contributed by atoms with Crippen molar-refractivity contribution in [3.05, 3.63) is 18.2 Å². The van der Waals surface area contributed by atoms with Crippen LogP contribution in [0.5, 0.6) is 11.5 Å². The van der Waals surface area contributed by atoms with E-state index in [0.717, 1.165) is 25.9 Å². The van der Waals surface area contributed by atoms with Crippen LogP contribution in [0.25, 0.3) is 0 Å². The van der Waals surface area contributed by atoms with E-state index in [4.69, 9.17) is 9.47 Å². The molecule has 4 rings (SSSR count). The molecule has 1 N–H and O–H groups in total. The third-order valence-electron chi connectivity index (χ3n) is 5.00. The van der Waals surface area contributed by atoms with Crippen LogP contribution >= 0.6 is 0 Å². The van der Waals surface area contributed by atoms with E-state index in [9.17, 15) is 9.59 Å². The second-order valence-electron chi connectivity index (χ2n) is 6.43. The first kappa shape index (κ1) is 14.5. The van der Waals surface area contributed by atoms with Gasteiger partial charge in [-0.2, -0.15) is 0 Å². The number of carbonyl (C=O) groups excluding carboxylic acids is 2. The summed E-state index contributed by atoms with van der Waals surface area (Å²) in [6, 6.07) is 5.00. The van der Waals surface area contributed by atoms with Gasteiger partial charge in [-0.3, -0.25) is 9.59 Å². The molecule has 1 aromatic carbocycles. The molecule has 0 aromatic heterocycles. The first-order valence-electron chi connectivity index (χ1n) is 8.35. The topological polar surface area (TPSA) is 60.3 Å². The van der Waals surface area contributed by atoms with Crippen molar-refractivity contribution in [2.45, 2.75) is 38.1 Å². The Morgan fingerprint density at radius 1 is 1.00 bits per heavy atom. The number of amides is 2. The summed E-state index contributed by atoms with van der Waals surface area (Å²) in [5.74, 6) is 1.05. The smallest absolute Gasteiger partial charge is 0.292 e. The zero-order valence-corrected chi connectivity index (χ0v) is 13.0. The average molecular weight is 317 g/mol. The first-order valence-corrected chi connectivity index (χ1v) is 8.35. The van der Waals surface area contributed by atoms with Gasteiger partial charge in [-0.15, -0.1) is 0 Å². The van der Waals surface area contributed by atoms with Crippen LogP contribution in [0, 0.1) is 0 Å².